The van der Waals surface area contributed by atoms with Crippen LogP contribution in [0.15, 0.2) is 53.5 Å². The van der Waals surface area contributed by atoms with Crippen LogP contribution in [0.2, 0.25) is 0 Å². The second-order valence-corrected chi connectivity index (χ2v) is 8.52. The molecule has 2 unspecified atom stereocenters. The highest BCUT2D eigenvalue weighted by Crippen LogP contribution is 2.38. The number of nitrogens with zero attached hydrogens (tertiary/aromatic N) is 2. The van der Waals surface area contributed by atoms with E-state index in [1.807, 2.05) is 25.1 Å². The van der Waals surface area contributed by atoms with Crippen molar-refractivity contribution in [2.24, 2.45) is 16.6 Å². The summed E-state index contributed by atoms with van der Waals surface area (Å²) in [5, 5.41) is 0. The van der Waals surface area contributed by atoms with Crippen LogP contribution in [0.1, 0.15) is 48.9 Å². The van der Waals surface area contributed by atoms with E-state index < -0.39 is 17.3 Å². The Balaban J connectivity index is 2.10. The van der Waals surface area contributed by atoms with Crippen LogP contribution in [0.4, 0.5) is 13.2 Å². The predicted molar refractivity (Wildman–Crippen MR) is 116 cm³/mol. The monoisotopic (exact) mass is 417 g/mol. The molecule has 162 valence electrons. The van der Waals surface area contributed by atoms with Crippen molar-refractivity contribution < 1.29 is 13.2 Å². The Morgan fingerprint density at radius 2 is 1.90 bits per heavy atom. The van der Waals surface area contributed by atoms with E-state index in [0.717, 1.165) is 31.0 Å². The van der Waals surface area contributed by atoms with Gasteiger partial charge in [-0.2, -0.15) is 13.2 Å². The lowest BCUT2D eigenvalue weighted by Gasteiger charge is -2.42. The summed E-state index contributed by atoms with van der Waals surface area (Å²) in [6.07, 6.45) is -2.29. The standard InChI is InChI=1S/C24H30F3N3/c1-4-8-18-13-20(24(25,26)27)11-12-21(18)22(28)29-23(19-9-6-5-7-10-19)14-17(2)15-30(3)16-23/h5-7,9-13,17H,4,8,14-16H2,1-3H3,(H2,28,29). The van der Waals surface area contributed by atoms with Crippen LogP contribution < -0.4 is 5.73 Å². The first-order chi connectivity index (χ1) is 14.1. The number of alkyl halides is 3. The molecule has 30 heavy (non-hydrogen) atoms. The molecule has 3 nitrogen and oxygen atoms in total. The average molecular weight is 418 g/mol. The van der Waals surface area contributed by atoms with Gasteiger partial charge in [-0.1, -0.05) is 56.7 Å². The summed E-state index contributed by atoms with van der Waals surface area (Å²) in [5.74, 6) is 0.724. The molecule has 0 spiro atoms. The average Bonchev–Trinajstić information content (AvgIpc) is 2.67. The molecule has 1 saturated heterocycles. The number of piperidine rings is 1. The van der Waals surface area contributed by atoms with Crippen LogP contribution in [-0.4, -0.2) is 30.9 Å². The van der Waals surface area contributed by atoms with Gasteiger partial charge in [0, 0.05) is 18.7 Å². The molecule has 0 aromatic heterocycles. The van der Waals surface area contributed by atoms with E-state index >= 15 is 0 Å². The van der Waals surface area contributed by atoms with Gasteiger partial charge in [0.25, 0.3) is 0 Å². The normalized spacial score (nSPS) is 23.5. The molecule has 0 radical (unpaired) electrons. The molecular formula is C24H30F3N3. The summed E-state index contributed by atoms with van der Waals surface area (Å²) >= 11 is 0. The topological polar surface area (TPSA) is 41.6 Å². The lowest BCUT2D eigenvalue weighted by molar-refractivity contribution is -0.137. The van der Waals surface area contributed by atoms with Crippen LogP contribution in [-0.2, 0) is 18.1 Å². The molecule has 1 fully saturated rings. The van der Waals surface area contributed by atoms with Crippen molar-refractivity contribution in [1.82, 2.24) is 4.90 Å². The number of likely N-dealkylation sites (N-methyl/N-ethyl adjacent to an activating group) is 1. The van der Waals surface area contributed by atoms with Gasteiger partial charge in [0.15, 0.2) is 0 Å². The van der Waals surface area contributed by atoms with Crippen molar-refractivity contribution in [2.75, 3.05) is 20.1 Å². The van der Waals surface area contributed by atoms with Crippen molar-refractivity contribution in [2.45, 2.75) is 44.8 Å². The van der Waals surface area contributed by atoms with Crippen LogP contribution in [0.5, 0.6) is 0 Å². The number of halogens is 3. The number of hydrogen-bond acceptors (Lipinski definition) is 2. The summed E-state index contributed by atoms with van der Waals surface area (Å²) in [7, 11) is 2.07. The molecule has 0 bridgehead atoms. The smallest absolute Gasteiger partial charge is 0.383 e. The molecule has 0 aliphatic carbocycles. The summed E-state index contributed by atoms with van der Waals surface area (Å²) in [4.78, 5) is 7.26. The van der Waals surface area contributed by atoms with E-state index in [9.17, 15) is 13.2 Å². The zero-order valence-electron chi connectivity index (χ0n) is 17.8. The highest BCUT2D eigenvalue weighted by atomic mass is 19.4. The van der Waals surface area contributed by atoms with E-state index in [0.29, 0.717) is 35.8 Å². The number of aliphatic imine (C=N–C) groups is 1. The summed E-state index contributed by atoms with van der Waals surface area (Å²) in [5.41, 5.74) is 7.58. The van der Waals surface area contributed by atoms with Gasteiger partial charge in [-0.05, 0) is 49.1 Å². The van der Waals surface area contributed by atoms with Gasteiger partial charge >= 0.3 is 6.18 Å². The molecule has 1 aliphatic heterocycles. The van der Waals surface area contributed by atoms with Crippen molar-refractivity contribution in [1.29, 1.82) is 0 Å². The maximum absolute atomic E-state index is 13.2. The molecule has 1 heterocycles. The number of aryl methyl sites for hydroxylation is 1. The maximum Gasteiger partial charge on any atom is 0.416 e. The maximum atomic E-state index is 13.2. The van der Waals surface area contributed by atoms with Crippen LogP contribution in [0.25, 0.3) is 0 Å². The fraction of sp³-hybridized carbons (Fsp3) is 0.458. The first-order valence-electron chi connectivity index (χ1n) is 10.4. The summed E-state index contributed by atoms with van der Waals surface area (Å²) in [6, 6.07) is 13.8. The highest BCUT2D eigenvalue weighted by Gasteiger charge is 2.39. The zero-order valence-corrected chi connectivity index (χ0v) is 17.8. The van der Waals surface area contributed by atoms with Crippen molar-refractivity contribution in [3.05, 3.63) is 70.8 Å². The number of rotatable bonds is 5. The third-order valence-corrected chi connectivity index (χ3v) is 5.71. The second kappa shape index (κ2) is 8.80. The minimum atomic E-state index is -4.38. The molecule has 0 saturated carbocycles. The van der Waals surface area contributed by atoms with E-state index in [1.54, 1.807) is 0 Å². The Morgan fingerprint density at radius 1 is 1.20 bits per heavy atom. The van der Waals surface area contributed by atoms with Gasteiger partial charge in [-0.3, -0.25) is 4.99 Å². The lowest BCUT2D eigenvalue weighted by Crippen LogP contribution is -2.47. The Morgan fingerprint density at radius 3 is 2.50 bits per heavy atom. The van der Waals surface area contributed by atoms with E-state index in [-0.39, 0.29) is 0 Å². The van der Waals surface area contributed by atoms with Crippen LogP contribution in [0, 0.1) is 5.92 Å². The lowest BCUT2D eigenvalue weighted by atomic mass is 9.78. The Labute approximate surface area is 176 Å². The Kier molecular flexibility index (Phi) is 6.56. The minimum absolute atomic E-state index is 0.304. The Hall–Kier alpha value is -2.34. The van der Waals surface area contributed by atoms with E-state index in [2.05, 4.69) is 31.0 Å². The SMILES string of the molecule is CCCc1cc(C(F)(F)F)ccc1C(N)=NC1(c2ccccc2)CC(C)CN(C)C1. The molecule has 2 N–H and O–H groups in total. The minimum Gasteiger partial charge on any atom is -0.383 e. The number of hydrogen-bond donors (Lipinski definition) is 1. The fourth-order valence-electron chi connectivity index (χ4n) is 4.64. The van der Waals surface area contributed by atoms with Crippen molar-refractivity contribution in [3.8, 4) is 0 Å². The summed E-state index contributed by atoms with van der Waals surface area (Å²) < 4.78 is 39.6. The van der Waals surface area contributed by atoms with Gasteiger partial charge < -0.3 is 10.6 Å². The fourth-order valence-corrected chi connectivity index (χ4v) is 4.64. The molecule has 3 rings (SSSR count). The van der Waals surface area contributed by atoms with Gasteiger partial charge in [-0.15, -0.1) is 0 Å². The molecule has 2 aromatic carbocycles. The largest absolute Gasteiger partial charge is 0.416 e. The quantitative estimate of drug-likeness (QED) is 0.535. The molecule has 2 atom stereocenters. The van der Waals surface area contributed by atoms with Gasteiger partial charge in [0.05, 0.1) is 5.56 Å². The van der Waals surface area contributed by atoms with Crippen LogP contribution >= 0.6 is 0 Å². The second-order valence-electron chi connectivity index (χ2n) is 8.52. The zero-order chi connectivity index (χ0) is 21.9. The summed E-state index contributed by atoms with van der Waals surface area (Å²) in [6.45, 7) is 5.83. The Bertz CT molecular complexity index is 880. The third kappa shape index (κ3) is 4.86. The van der Waals surface area contributed by atoms with Gasteiger partial charge in [-0.25, -0.2) is 0 Å². The molecule has 2 aromatic rings. The predicted octanol–water partition coefficient (Wildman–Crippen LogP) is 5.23. The number of likely N-dealkylation sites (tertiary alicyclic amines) is 1. The number of nitrogens with two attached hydrogens (primary N) is 1. The molecule has 6 heteroatoms. The molecular weight excluding hydrogens is 387 g/mol. The third-order valence-electron chi connectivity index (χ3n) is 5.71. The first kappa shape index (κ1) is 22.3. The van der Waals surface area contributed by atoms with Crippen molar-refractivity contribution >= 4 is 5.84 Å². The van der Waals surface area contributed by atoms with E-state index in [1.165, 1.54) is 12.1 Å². The van der Waals surface area contributed by atoms with E-state index in [4.69, 9.17) is 10.7 Å². The van der Waals surface area contributed by atoms with Crippen molar-refractivity contribution in [3.63, 3.8) is 0 Å². The van der Waals surface area contributed by atoms with Crippen LogP contribution in [0.3, 0.4) is 0 Å². The van der Waals surface area contributed by atoms with Gasteiger partial charge in [0.1, 0.15) is 11.4 Å². The number of amidine groups is 1. The number of benzene rings is 2. The van der Waals surface area contributed by atoms with Gasteiger partial charge in [0.2, 0.25) is 0 Å². The highest BCUT2D eigenvalue weighted by molar-refractivity contribution is 5.99. The molecule has 1 aliphatic rings. The molecule has 0 amide bonds. The first-order valence-corrected chi connectivity index (χ1v) is 10.4.